The van der Waals surface area contributed by atoms with Gasteiger partial charge in [0.05, 0.1) is 0 Å². The molecule has 3 N–H and O–H groups in total. The molecular weight excluding hydrogens is 250 g/mol. The molecule has 1 atom stereocenters. The van der Waals surface area contributed by atoms with Gasteiger partial charge in [0.25, 0.3) is 0 Å². The SMILES string of the molecule is NC1CCN(c2n[nH]c(CCCc3ccccc3)n2)C1. The Morgan fingerprint density at radius 1 is 1.25 bits per heavy atom. The molecule has 1 saturated heterocycles. The molecule has 5 nitrogen and oxygen atoms in total. The van der Waals surface area contributed by atoms with Gasteiger partial charge in [-0.15, -0.1) is 5.10 Å². The molecular formula is C15H21N5. The number of rotatable bonds is 5. The van der Waals surface area contributed by atoms with E-state index in [4.69, 9.17) is 5.73 Å². The minimum atomic E-state index is 0.259. The number of aryl methyl sites for hydroxylation is 2. The van der Waals surface area contributed by atoms with Crippen molar-refractivity contribution >= 4 is 5.95 Å². The van der Waals surface area contributed by atoms with Crippen LogP contribution in [0.5, 0.6) is 0 Å². The fourth-order valence-electron chi connectivity index (χ4n) is 2.61. The monoisotopic (exact) mass is 271 g/mol. The number of hydrogen-bond acceptors (Lipinski definition) is 4. The molecule has 20 heavy (non-hydrogen) atoms. The van der Waals surface area contributed by atoms with Crippen molar-refractivity contribution in [1.29, 1.82) is 0 Å². The molecule has 106 valence electrons. The molecule has 5 heteroatoms. The topological polar surface area (TPSA) is 70.8 Å². The van der Waals surface area contributed by atoms with Crippen LogP contribution >= 0.6 is 0 Å². The summed E-state index contributed by atoms with van der Waals surface area (Å²) in [5.41, 5.74) is 7.28. The maximum absolute atomic E-state index is 5.91. The normalized spacial score (nSPS) is 18.6. The number of benzene rings is 1. The van der Waals surface area contributed by atoms with Crippen molar-refractivity contribution in [3.8, 4) is 0 Å². The zero-order chi connectivity index (χ0) is 13.8. The number of aromatic amines is 1. The number of nitrogens with one attached hydrogen (secondary N) is 1. The number of hydrogen-bond donors (Lipinski definition) is 2. The van der Waals surface area contributed by atoms with Crippen LogP contribution in [-0.4, -0.2) is 34.3 Å². The van der Waals surface area contributed by atoms with E-state index >= 15 is 0 Å². The first-order valence-corrected chi connectivity index (χ1v) is 7.27. The third-order valence-electron chi connectivity index (χ3n) is 3.75. The molecule has 0 bridgehead atoms. The molecule has 0 amide bonds. The molecule has 1 aromatic carbocycles. The molecule has 2 heterocycles. The lowest BCUT2D eigenvalue weighted by atomic mass is 10.1. The van der Waals surface area contributed by atoms with Crippen molar-refractivity contribution in [2.24, 2.45) is 5.73 Å². The van der Waals surface area contributed by atoms with Crippen LogP contribution in [0.15, 0.2) is 30.3 Å². The maximum atomic E-state index is 5.91. The Morgan fingerprint density at radius 2 is 2.10 bits per heavy atom. The van der Waals surface area contributed by atoms with Crippen LogP contribution in [0, 0.1) is 0 Å². The minimum absolute atomic E-state index is 0.259. The molecule has 1 fully saturated rings. The molecule has 0 saturated carbocycles. The Bertz CT molecular complexity index is 536. The van der Waals surface area contributed by atoms with Crippen molar-refractivity contribution in [3.63, 3.8) is 0 Å². The second-order valence-electron chi connectivity index (χ2n) is 5.42. The third-order valence-corrected chi connectivity index (χ3v) is 3.75. The highest BCUT2D eigenvalue weighted by atomic mass is 15.4. The number of nitrogens with two attached hydrogens (primary N) is 1. The average Bonchev–Trinajstić information content (AvgIpc) is 3.09. The van der Waals surface area contributed by atoms with E-state index in [2.05, 4.69) is 44.3 Å². The largest absolute Gasteiger partial charge is 0.338 e. The Morgan fingerprint density at radius 3 is 2.85 bits per heavy atom. The van der Waals surface area contributed by atoms with Gasteiger partial charge in [-0.05, 0) is 24.8 Å². The van der Waals surface area contributed by atoms with Crippen LogP contribution in [0.1, 0.15) is 24.2 Å². The first-order valence-electron chi connectivity index (χ1n) is 7.27. The summed E-state index contributed by atoms with van der Waals surface area (Å²) in [5.74, 6) is 1.77. The lowest BCUT2D eigenvalue weighted by Crippen LogP contribution is -2.27. The van der Waals surface area contributed by atoms with Crippen LogP contribution in [0.3, 0.4) is 0 Å². The van der Waals surface area contributed by atoms with Crippen molar-refractivity contribution < 1.29 is 0 Å². The second kappa shape index (κ2) is 6.05. The van der Waals surface area contributed by atoms with E-state index < -0.39 is 0 Å². The third kappa shape index (κ3) is 3.17. The molecule has 0 radical (unpaired) electrons. The Kier molecular flexibility index (Phi) is 3.97. The smallest absolute Gasteiger partial charge is 0.244 e. The van der Waals surface area contributed by atoms with Gasteiger partial charge < -0.3 is 10.6 Å². The summed E-state index contributed by atoms with van der Waals surface area (Å²) in [6.07, 6.45) is 4.11. The van der Waals surface area contributed by atoms with Gasteiger partial charge in [0.15, 0.2) is 0 Å². The minimum Gasteiger partial charge on any atom is -0.338 e. The van der Waals surface area contributed by atoms with Crippen LogP contribution in [0.4, 0.5) is 5.95 Å². The van der Waals surface area contributed by atoms with E-state index in [-0.39, 0.29) is 6.04 Å². The van der Waals surface area contributed by atoms with E-state index in [0.717, 1.165) is 50.5 Å². The predicted octanol–water partition coefficient (Wildman–Crippen LogP) is 1.52. The van der Waals surface area contributed by atoms with Gasteiger partial charge in [-0.25, -0.2) is 0 Å². The summed E-state index contributed by atoms with van der Waals surface area (Å²) in [5, 5.41) is 7.33. The zero-order valence-electron chi connectivity index (χ0n) is 11.6. The highest BCUT2D eigenvalue weighted by molar-refractivity contribution is 5.31. The molecule has 3 rings (SSSR count). The standard InChI is InChI=1S/C15H21N5/c16-13-9-10-20(11-13)15-17-14(18-19-15)8-4-7-12-5-2-1-3-6-12/h1-3,5-6,13H,4,7-11,16H2,(H,17,18,19). The molecule has 0 aliphatic carbocycles. The van der Waals surface area contributed by atoms with Gasteiger partial charge in [-0.2, -0.15) is 4.98 Å². The van der Waals surface area contributed by atoms with Gasteiger partial charge >= 0.3 is 0 Å². The van der Waals surface area contributed by atoms with Crippen LogP contribution in [0.2, 0.25) is 0 Å². The Balaban J connectivity index is 1.50. The lowest BCUT2D eigenvalue weighted by Gasteiger charge is -2.11. The molecule has 1 unspecified atom stereocenters. The van der Waals surface area contributed by atoms with Gasteiger partial charge in [-0.3, -0.25) is 5.10 Å². The van der Waals surface area contributed by atoms with Crippen LogP contribution in [0.25, 0.3) is 0 Å². The summed E-state index contributed by atoms with van der Waals surface area (Å²) >= 11 is 0. The maximum Gasteiger partial charge on any atom is 0.244 e. The quantitative estimate of drug-likeness (QED) is 0.865. The summed E-state index contributed by atoms with van der Waals surface area (Å²) in [6, 6.07) is 10.8. The number of nitrogens with zero attached hydrogens (tertiary/aromatic N) is 3. The summed E-state index contributed by atoms with van der Waals surface area (Å²) in [7, 11) is 0. The predicted molar refractivity (Wildman–Crippen MR) is 79.7 cm³/mol. The first-order chi connectivity index (χ1) is 9.81. The highest BCUT2D eigenvalue weighted by Crippen LogP contribution is 2.15. The second-order valence-corrected chi connectivity index (χ2v) is 5.42. The number of aromatic nitrogens is 3. The lowest BCUT2D eigenvalue weighted by molar-refractivity contribution is 0.750. The first kappa shape index (κ1) is 13.1. The number of anilines is 1. The van der Waals surface area contributed by atoms with Gasteiger partial charge in [0, 0.05) is 25.6 Å². The molecule has 1 aliphatic rings. The van der Waals surface area contributed by atoms with Crippen molar-refractivity contribution in [1.82, 2.24) is 15.2 Å². The number of H-pyrrole nitrogens is 1. The molecule has 0 spiro atoms. The average molecular weight is 271 g/mol. The van der Waals surface area contributed by atoms with Gasteiger partial charge in [0.1, 0.15) is 5.82 Å². The fraction of sp³-hybridized carbons (Fsp3) is 0.467. The zero-order valence-corrected chi connectivity index (χ0v) is 11.6. The summed E-state index contributed by atoms with van der Waals surface area (Å²) < 4.78 is 0. The fourth-order valence-corrected chi connectivity index (χ4v) is 2.61. The summed E-state index contributed by atoms with van der Waals surface area (Å²) in [6.45, 7) is 1.82. The van der Waals surface area contributed by atoms with Gasteiger partial charge in [0.2, 0.25) is 5.95 Å². The van der Waals surface area contributed by atoms with Crippen molar-refractivity contribution in [2.75, 3.05) is 18.0 Å². The molecule has 1 aromatic heterocycles. The van der Waals surface area contributed by atoms with Crippen molar-refractivity contribution in [2.45, 2.75) is 31.7 Å². The Labute approximate surface area is 119 Å². The van der Waals surface area contributed by atoms with E-state index in [1.165, 1.54) is 5.56 Å². The Hall–Kier alpha value is -1.88. The van der Waals surface area contributed by atoms with Crippen molar-refractivity contribution in [3.05, 3.63) is 41.7 Å². The van der Waals surface area contributed by atoms with E-state index in [1.54, 1.807) is 0 Å². The highest BCUT2D eigenvalue weighted by Gasteiger charge is 2.22. The van der Waals surface area contributed by atoms with E-state index in [9.17, 15) is 0 Å². The molecule has 2 aromatic rings. The van der Waals surface area contributed by atoms with E-state index in [0.29, 0.717) is 0 Å². The summed E-state index contributed by atoms with van der Waals surface area (Å²) in [4.78, 5) is 6.72. The van der Waals surface area contributed by atoms with Gasteiger partial charge in [-0.1, -0.05) is 30.3 Å². The molecule has 1 aliphatic heterocycles. The van der Waals surface area contributed by atoms with E-state index in [1.807, 2.05) is 6.07 Å². The van der Waals surface area contributed by atoms with Crippen LogP contribution < -0.4 is 10.6 Å². The van der Waals surface area contributed by atoms with Crippen LogP contribution in [-0.2, 0) is 12.8 Å².